The zero-order chi connectivity index (χ0) is 13.4. The molecule has 1 N–H and O–H groups in total. The summed E-state index contributed by atoms with van der Waals surface area (Å²) in [6, 6.07) is 5.42. The van der Waals surface area contributed by atoms with Crippen molar-refractivity contribution in [1.29, 1.82) is 0 Å². The second-order valence-corrected chi connectivity index (χ2v) is 5.51. The second kappa shape index (κ2) is 5.02. The third kappa shape index (κ3) is 2.30. The number of carbonyl (C=O) groups is 1. The first-order chi connectivity index (χ1) is 9.16. The number of hydrazone groups is 1. The van der Waals surface area contributed by atoms with E-state index in [1.54, 1.807) is 12.1 Å². The van der Waals surface area contributed by atoms with E-state index in [9.17, 15) is 4.79 Å². The van der Waals surface area contributed by atoms with E-state index in [1.807, 2.05) is 11.0 Å². The van der Waals surface area contributed by atoms with E-state index in [0.29, 0.717) is 23.0 Å². The maximum Gasteiger partial charge on any atom is 0.223 e. The predicted molar refractivity (Wildman–Crippen MR) is 75.7 cm³/mol. The second-order valence-electron chi connectivity index (χ2n) is 4.69. The lowest BCUT2D eigenvalue weighted by molar-refractivity contribution is -0.128. The zero-order valence-corrected chi connectivity index (χ0v) is 11.7. The smallest absolute Gasteiger partial charge is 0.223 e. The van der Waals surface area contributed by atoms with Crippen LogP contribution < -0.4 is 5.43 Å². The first-order valence-corrected chi connectivity index (χ1v) is 6.98. The minimum atomic E-state index is -0.00718. The van der Waals surface area contributed by atoms with Crippen LogP contribution in [0.25, 0.3) is 0 Å². The van der Waals surface area contributed by atoms with E-state index in [4.69, 9.17) is 23.2 Å². The molecule has 2 heterocycles. The number of likely N-dealkylation sites (tertiary alicyclic amines) is 1. The van der Waals surface area contributed by atoms with Gasteiger partial charge in [0.2, 0.25) is 5.91 Å². The van der Waals surface area contributed by atoms with Crippen LogP contribution in [-0.4, -0.2) is 35.7 Å². The lowest BCUT2D eigenvalue weighted by Gasteiger charge is -2.24. The number of benzene rings is 1. The molecular formula is C13H13Cl2N3O. The van der Waals surface area contributed by atoms with Crippen molar-refractivity contribution >= 4 is 34.8 Å². The van der Waals surface area contributed by atoms with Gasteiger partial charge >= 0.3 is 0 Å². The van der Waals surface area contributed by atoms with Crippen molar-refractivity contribution < 1.29 is 4.79 Å². The Hall–Kier alpha value is -1.26. The summed E-state index contributed by atoms with van der Waals surface area (Å²) in [6.07, 6.45) is 1.55. The quantitative estimate of drug-likeness (QED) is 0.910. The number of rotatable bonds is 2. The van der Waals surface area contributed by atoms with Crippen LogP contribution in [0, 0.1) is 0 Å². The van der Waals surface area contributed by atoms with Crippen molar-refractivity contribution in [3.8, 4) is 0 Å². The molecule has 0 bridgehead atoms. The molecule has 3 rings (SSSR count). The number of nitrogens with zero attached hydrogens (tertiary/aromatic N) is 2. The summed E-state index contributed by atoms with van der Waals surface area (Å²) in [6.45, 7) is 1.45. The first-order valence-electron chi connectivity index (χ1n) is 6.22. The van der Waals surface area contributed by atoms with Crippen molar-refractivity contribution in [3.63, 3.8) is 0 Å². The number of carbonyl (C=O) groups excluding carboxylic acids is 1. The average molecular weight is 298 g/mol. The molecule has 1 fully saturated rings. The van der Waals surface area contributed by atoms with Crippen LogP contribution in [0.5, 0.6) is 0 Å². The molecule has 1 atom stereocenters. The van der Waals surface area contributed by atoms with Crippen molar-refractivity contribution in [1.82, 2.24) is 10.3 Å². The fraction of sp³-hybridized carbons (Fsp3) is 0.385. The molecule has 19 heavy (non-hydrogen) atoms. The molecule has 0 radical (unpaired) electrons. The van der Waals surface area contributed by atoms with Gasteiger partial charge in [-0.15, -0.1) is 0 Å². The van der Waals surface area contributed by atoms with Crippen LogP contribution in [0.15, 0.2) is 23.3 Å². The Labute approximate surface area is 121 Å². The van der Waals surface area contributed by atoms with E-state index in [-0.39, 0.29) is 11.9 Å². The zero-order valence-electron chi connectivity index (χ0n) is 10.2. The van der Waals surface area contributed by atoms with Gasteiger partial charge in [-0.3, -0.25) is 4.79 Å². The van der Waals surface area contributed by atoms with Crippen molar-refractivity contribution in [2.24, 2.45) is 5.10 Å². The van der Waals surface area contributed by atoms with E-state index < -0.39 is 0 Å². The summed E-state index contributed by atoms with van der Waals surface area (Å²) < 4.78 is 0. The molecule has 0 aliphatic carbocycles. The largest absolute Gasteiger partial charge is 0.332 e. The summed E-state index contributed by atoms with van der Waals surface area (Å²) in [5.74, 6) is 0.196. The topological polar surface area (TPSA) is 44.7 Å². The lowest BCUT2D eigenvalue weighted by atomic mass is 10.0. The molecule has 1 aromatic carbocycles. The van der Waals surface area contributed by atoms with E-state index in [0.717, 1.165) is 24.2 Å². The fourth-order valence-corrected chi connectivity index (χ4v) is 2.86. The van der Waals surface area contributed by atoms with Gasteiger partial charge in [-0.2, -0.15) is 5.10 Å². The molecule has 4 nitrogen and oxygen atoms in total. The monoisotopic (exact) mass is 297 g/mol. The summed E-state index contributed by atoms with van der Waals surface area (Å²) in [5.41, 5.74) is 4.73. The Kier molecular flexibility index (Phi) is 3.37. The number of nitrogens with one attached hydrogen (secondary N) is 1. The maximum atomic E-state index is 11.9. The van der Waals surface area contributed by atoms with Gasteiger partial charge in [0.05, 0.1) is 28.3 Å². The molecule has 1 unspecified atom stereocenters. The average Bonchev–Trinajstić information content (AvgIpc) is 3.00. The standard InChI is InChI=1S/C13H13Cl2N3O/c14-9-4-3-8(6-10(9)15)13-11(7-16-17-13)18-5-1-2-12(18)19/h3-4,6,11,16H,1-2,5,7H2. The maximum absolute atomic E-state index is 11.9. The van der Waals surface area contributed by atoms with Gasteiger partial charge in [0, 0.05) is 18.5 Å². The predicted octanol–water partition coefficient (Wildman–Crippen LogP) is 2.29. The Morgan fingerprint density at radius 3 is 2.84 bits per heavy atom. The number of hydrogen-bond acceptors (Lipinski definition) is 3. The molecule has 1 amide bonds. The Balaban J connectivity index is 1.90. The molecule has 1 aromatic rings. The highest BCUT2D eigenvalue weighted by Crippen LogP contribution is 2.26. The van der Waals surface area contributed by atoms with Gasteiger partial charge < -0.3 is 10.3 Å². The van der Waals surface area contributed by atoms with Crippen LogP contribution in [0.2, 0.25) is 10.0 Å². The summed E-state index contributed by atoms with van der Waals surface area (Å²) in [7, 11) is 0. The van der Waals surface area contributed by atoms with Crippen LogP contribution in [0.4, 0.5) is 0 Å². The SMILES string of the molecule is O=C1CCCN1C1CNN=C1c1ccc(Cl)c(Cl)c1. The number of amides is 1. The first kappa shape index (κ1) is 12.8. The van der Waals surface area contributed by atoms with Crippen LogP contribution in [0.1, 0.15) is 18.4 Å². The molecule has 0 aromatic heterocycles. The lowest BCUT2D eigenvalue weighted by Crippen LogP contribution is -2.43. The molecule has 100 valence electrons. The number of halogens is 2. The number of hydrogen-bond donors (Lipinski definition) is 1. The van der Waals surface area contributed by atoms with E-state index in [2.05, 4.69) is 10.5 Å². The molecule has 6 heteroatoms. The van der Waals surface area contributed by atoms with E-state index in [1.165, 1.54) is 0 Å². The van der Waals surface area contributed by atoms with Crippen molar-refractivity contribution in [3.05, 3.63) is 33.8 Å². The molecule has 2 aliphatic rings. The normalized spacial score (nSPS) is 22.6. The molecule has 1 saturated heterocycles. The van der Waals surface area contributed by atoms with Crippen LogP contribution in [-0.2, 0) is 4.79 Å². The van der Waals surface area contributed by atoms with Crippen molar-refractivity contribution in [2.45, 2.75) is 18.9 Å². The van der Waals surface area contributed by atoms with Crippen molar-refractivity contribution in [2.75, 3.05) is 13.1 Å². The van der Waals surface area contributed by atoms with Gasteiger partial charge in [-0.05, 0) is 18.6 Å². The van der Waals surface area contributed by atoms with E-state index >= 15 is 0 Å². The third-order valence-electron chi connectivity index (χ3n) is 3.50. The summed E-state index contributed by atoms with van der Waals surface area (Å²) in [5, 5.41) is 5.33. The molecule has 0 spiro atoms. The molecule has 0 saturated carbocycles. The molecular weight excluding hydrogens is 285 g/mol. The third-order valence-corrected chi connectivity index (χ3v) is 4.24. The highest BCUT2D eigenvalue weighted by molar-refractivity contribution is 6.42. The van der Waals surface area contributed by atoms with Gasteiger partial charge in [0.1, 0.15) is 0 Å². The van der Waals surface area contributed by atoms with Gasteiger partial charge in [-0.25, -0.2) is 0 Å². The van der Waals surface area contributed by atoms with Gasteiger partial charge in [-0.1, -0.05) is 29.3 Å². The Bertz CT molecular complexity index is 559. The summed E-state index contributed by atoms with van der Waals surface area (Å²) in [4.78, 5) is 13.7. The van der Waals surface area contributed by atoms with Gasteiger partial charge in [0.15, 0.2) is 0 Å². The van der Waals surface area contributed by atoms with Gasteiger partial charge in [0.25, 0.3) is 0 Å². The highest BCUT2D eigenvalue weighted by atomic mass is 35.5. The van der Waals surface area contributed by atoms with Crippen LogP contribution in [0.3, 0.4) is 0 Å². The summed E-state index contributed by atoms with van der Waals surface area (Å²) >= 11 is 12.0. The molecule has 2 aliphatic heterocycles. The minimum Gasteiger partial charge on any atom is -0.332 e. The highest BCUT2D eigenvalue weighted by Gasteiger charge is 2.34. The van der Waals surface area contributed by atoms with Crippen LogP contribution >= 0.6 is 23.2 Å². The fourth-order valence-electron chi connectivity index (χ4n) is 2.56. The Morgan fingerprint density at radius 1 is 1.32 bits per heavy atom. The Morgan fingerprint density at radius 2 is 2.16 bits per heavy atom. The minimum absolute atomic E-state index is 0.00718.